The number of rotatable bonds is 7. The molecule has 16 nitrogen and oxygen atoms in total. The Balaban J connectivity index is 1.07. The van der Waals surface area contributed by atoms with Gasteiger partial charge in [0.15, 0.2) is 11.6 Å². The molecule has 3 atom stereocenters. The number of halogens is 2. The number of nitrogens with one attached hydrogen (secondary N) is 1. The highest BCUT2D eigenvalue weighted by molar-refractivity contribution is 6.00. The van der Waals surface area contributed by atoms with E-state index in [9.17, 15) is 4.79 Å². The molecular weight excluding hydrogens is 885 g/mol. The fraction of sp³-hybridized carbons (Fsp3) is 0.412. The van der Waals surface area contributed by atoms with Gasteiger partial charge in [0.1, 0.15) is 22.9 Å². The molecule has 5 aromatic heterocycles. The van der Waals surface area contributed by atoms with Crippen molar-refractivity contribution in [2.24, 2.45) is 13.0 Å². The lowest BCUT2D eigenvalue weighted by Gasteiger charge is -2.48. The molecule has 4 aliphatic rings. The molecule has 1 amide bonds. The molecule has 3 aliphatic heterocycles. The van der Waals surface area contributed by atoms with Crippen molar-refractivity contribution >= 4 is 27.7 Å². The average Bonchev–Trinajstić information content (AvgIpc) is 3.99. The molecule has 2 saturated heterocycles. The maximum Gasteiger partial charge on any atom is 0.438 e. The van der Waals surface area contributed by atoms with Crippen LogP contribution in [0.3, 0.4) is 0 Å². The third-order valence-corrected chi connectivity index (χ3v) is 16.0. The topological polar surface area (TPSA) is 159 Å². The highest BCUT2D eigenvalue weighted by atomic mass is 19.1. The lowest BCUT2D eigenvalue weighted by atomic mass is 9.70. The zero-order valence-electron chi connectivity index (χ0n) is 39.4. The van der Waals surface area contributed by atoms with E-state index < -0.39 is 34.3 Å². The summed E-state index contributed by atoms with van der Waals surface area (Å²) < 4.78 is 50.7. The third kappa shape index (κ3) is 6.43. The maximum absolute atomic E-state index is 16.4. The second kappa shape index (κ2) is 15.5. The van der Waals surface area contributed by atoms with E-state index in [2.05, 4.69) is 56.9 Å². The summed E-state index contributed by atoms with van der Waals surface area (Å²) in [6, 6.07) is 14.4. The molecule has 1 spiro atoms. The van der Waals surface area contributed by atoms with E-state index in [-0.39, 0.29) is 28.7 Å². The molecule has 3 fully saturated rings. The van der Waals surface area contributed by atoms with Crippen LogP contribution in [0.1, 0.15) is 102 Å². The number of imidazole rings is 1. The van der Waals surface area contributed by atoms with Crippen molar-refractivity contribution in [2.75, 3.05) is 39.9 Å². The number of piperidine rings is 1. The monoisotopic (exact) mass is 937 g/mol. The van der Waals surface area contributed by atoms with E-state index in [0.29, 0.717) is 90.2 Å². The normalized spacial score (nSPS) is 21.8. The SMILES string of the molecule is Cc1cc(-n2nc3c(c2-n2ccn(-c4ccc5c(cnn5C)c4F)c2=O)[C@H](C)N(C(=O)c2cc4cc(C5CCOCC5)ccc4n2[C@@]2(c4noc(=O)[nH]4)C[C@@H]2C)CC32CCN(C)CC2)cc(C)c1F. The molecule has 0 radical (unpaired) electrons. The minimum Gasteiger partial charge on any atom is -0.381 e. The number of aromatic amines is 1. The molecule has 0 unspecified atom stereocenters. The summed E-state index contributed by atoms with van der Waals surface area (Å²) in [5.74, 6) is -0.798. The lowest BCUT2D eigenvalue weighted by Crippen LogP contribution is -2.54. The number of carbonyl (C=O) groups excluding carboxylic acids is 1. The Hall–Kier alpha value is -6.92. The van der Waals surface area contributed by atoms with Crippen molar-refractivity contribution in [1.29, 1.82) is 0 Å². The Morgan fingerprint density at radius 2 is 1.61 bits per heavy atom. The maximum atomic E-state index is 16.4. The molecule has 1 N–H and O–H groups in total. The van der Waals surface area contributed by atoms with Crippen molar-refractivity contribution in [3.8, 4) is 17.2 Å². The summed E-state index contributed by atoms with van der Waals surface area (Å²) in [6.45, 7) is 10.6. The van der Waals surface area contributed by atoms with Crippen LogP contribution in [0.15, 0.2) is 81.2 Å². The van der Waals surface area contributed by atoms with Crippen LogP contribution in [-0.4, -0.2) is 99.0 Å². The van der Waals surface area contributed by atoms with Crippen molar-refractivity contribution in [3.05, 3.63) is 139 Å². The van der Waals surface area contributed by atoms with Gasteiger partial charge in [0.2, 0.25) is 0 Å². The first-order chi connectivity index (χ1) is 33.2. The Morgan fingerprint density at radius 3 is 2.30 bits per heavy atom. The number of H-pyrrole nitrogens is 1. The first-order valence-electron chi connectivity index (χ1n) is 23.8. The second-order valence-corrected chi connectivity index (χ2v) is 20.0. The molecule has 1 saturated carbocycles. The number of aromatic nitrogens is 9. The van der Waals surface area contributed by atoms with E-state index in [1.54, 1.807) is 60.7 Å². The van der Waals surface area contributed by atoms with Gasteiger partial charge in [0.25, 0.3) is 5.91 Å². The zero-order chi connectivity index (χ0) is 47.8. The third-order valence-electron chi connectivity index (χ3n) is 16.0. The van der Waals surface area contributed by atoms with Crippen LogP contribution in [0.5, 0.6) is 0 Å². The van der Waals surface area contributed by atoms with E-state index in [1.165, 1.54) is 27.1 Å². The highest BCUT2D eigenvalue weighted by Crippen LogP contribution is 2.56. The number of likely N-dealkylation sites (tertiary alicyclic amines) is 1. The predicted molar refractivity (Wildman–Crippen MR) is 253 cm³/mol. The molecule has 8 aromatic rings. The number of nitrogens with zero attached hydrogens (tertiary/aromatic N) is 10. The number of benzene rings is 3. The van der Waals surface area contributed by atoms with Crippen LogP contribution in [0.25, 0.3) is 39.0 Å². The number of amides is 1. The summed E-state index contributed by atoms with van der Waals surface area (Å²) in [5.41, 5.74) is 3.77. The molecular formula is C51H53F2N11O5. The van der Waals surface area contributed by atoms with Crippen LogP contribution in [0.2, 0.25) is 0 Å². The second-order valence-electron chi connectivity index (χ2n) is 20.0. The van der Waals surface area contributed by atoms with E-state index in [1.807, 2.05) is 17.9 Å². The van der Waals surface area contributed by atoms with Gasteiger partial charge >= 0.3 is 11.4 Å². The molecule has 3 aromatic carbocycles. The average molecular weight is 938 g/mol. The van der Waals surface area contributed by atoms with Gasteiger partial charge in [0.05, 0.1) is 40.2 Å². The summed E-state index contributed by atoms with van der Waals surface area (Å²) in [4.78, 5) is 50.8. The number of aryl methyl sites for hydroxylation is 3. The molecule has 12 rings (SSSR count). The quantitative estimate of drug-likeness (QED) is 0.176. The van der Waals surface area contributed by atoms with Crippen LogP contribution in [0, 0.1) is 31.4 Å². The summed E-state index contributed by atoms with van der Waals surface area (Å²) >= 11 is 0. The number of hydrogen-bond acceptors (Lipinski definition) is 9. The standard InChI is InChI=1S/C51H53F2N11O5/c1-28-21-35(22-29(2)42(28)52)64-45(61-18-17-60(49(61)67)39-10-9-38-36(43(39)53)26-54-59(38)6)41-31(4)62(27-50(44(41)56-64)13-15-58(5)16-14-50)46(65)40-24-34-23-33(32-11-19-68-20-12-32)7-8-37(34)63(40)51(25-30(51)3)47-55-48(66)69-57-47/h7-10,17-18,21-24,26,30-32H,11-16,19-20,25,27H2,1-6H3,(H,55,57,66)/t30-,31-,51-/m0/s1. The number of carbonyl (C=O) groups is 1. The fourth-order valence-corrected chi connectivity index (χ4v) is 12.0. The lowest BCUT2D eigenvalue weighted by molar-refractivity contribution is 0.0491. The van der Waals surface area contributed by atoms with Crippen LogP contribution in [-0.2, 0) is 22.7 Å². The summed E-state index contributed by atoms with van der Waals surface area (Å²) in [5, 5.41) is 15.1. The Kier molecular flexibility index (Phi) is 9.77. The first kappa shape index (κ1) is 43.4. The summed E-state index contributed by atoms with van der Waals surface area (Å²) in [6.07, 6.45) is 8.32. The molecule has 0 bridgehead atoms. The Morgan fingerprint density at radius 1 is 0.899 bits per heavy atom. The van der Waals surface area contributed by atoms with Gasteiger partial charge in [-0.15, -0.1) is 0 Å². The Labute approximate surface area is 394 Å². The van der Waals surface area contributed by atoms with Gasteiger partial charge in [-0.1, -0.05) is 18.1 Å². The predicted octanol–water partition coefficient (Wildman–Crippen LogP) is 7.08. The van der Waals surface area contributed by atoms with Gasteiger partial charge < -0.3 is 19.1 Å². The van der Waals surface area contributed by atoms with Gasteiger partial charge in [-0.3, -0.25) is 28.1 Å². The van der Waals surface area contributed by atoms with Crippen LogP contribution < -0.4 is 11.4 Å². The van der Waals surface area contributed by atoms with Crippen molar-refractivity contribution in [3.63, 3.8) is 0 Å². The number of hydrogen-bond donors (Lipinski definition) is 1. The minimum atomic E-state index is -0.868. The van der Waals surface area contributed by atoms with Gasteiger partial charge in [-0.25, -0.2) is 23.1 Å². The first-order valence-corrected chi connectivity index (χ1v) is 23.8. The minimum absolute atomic E-state index is 0.00625. The summed E-state index contributed by atoms with van der Waals surface area (Å²) in [7, 11) is 3.81. The van der Waals surface area contributed by atoms with Crippen molar-refractivity contribution < 1.29 is 22.8 Å². The van der Waals surface area contributed by atoms with Gasteiger partial charge in [-0.05, 0) is 144 Å². The van der Waals surface area contributed by atoms with Crippen molar-refractivity contribution in [2.45, 2.75) is 82.7 Å². The number of ether oxygens (including phenoxy) is 1. The number of fused-ring (bicyclic) bond motifs is 4. The van der Waals surface area contributed by atoms with Gasteiger partial charge in [-0.2, -0.15) is 10.2 Å². The molecule has 69 heavy (non-hydrogen) atoms. The fourth-order valence-electron chi connectivity index (χ4n) is 12.0. The largest absolute Gasteiger partial charge is 0.438 e. The Bertz CT molecular complexity index is 3500. The van der Waals surface area contributed by atoms with Crippen LogP contribution >= 0.6 is 0 Å². The van der Waals surface area contributed by atoms with Crippen LogP contribution in [0.4, 0.5) is 8.78 Å². The zero-order valence-corrected chi connectivity index (χ0v) is 39.4. The smallest absolute Gasteiger partial charge is 0.381 e. The highest BCUT2D eigenvalue weighted by Gasteiger charge is 2.59. The van der Waals surface area contributed by atoms with Crippen molar-refractivity contribution in [1.82, 2.24) is 53.2 Å². The molecule has 1 aliphatic carbocycles. The van der Waals surface area contributed by atoms with E-state index in [4.69, 9.17) is 14.4 Å². The van der Waals surface area contributed by atoms with E-state index in [0.717, 1.165) is 42.5 Å². The molecule has 8 heterocycles. The molecule has 356 valence electrons. The molecule has 18 heteroatoms. The van der Waals surface area contributed by atoms with Gasteiger partial charge in [0, 0.05) is 61.1 Å². The van der Waals surface area contributed by atoms with E-state index >= 15 is 18.4 Å².